The number of halogens is 3. The van der Waals surface area contributed by atoms with E-state index in [9.17, 15) is 18.0 Å². The van der Waals surface area contributed by atoms with Crippen molar-refractivity contribution in [3.05, 3.63) is 88.8 Å². The van der Waals surface area contributed by atoms with Crippen LogP contribution in [0.4, 0.5) is 18.9 Å². The Labute approximate surface area is 194 Å². The maximum absolute atomic E-state index is 12.8. The molecular formula is C25H24F3N5O. The number of hydrogen-bond acceptors (Lipinski definition) is 4. The highest BCUT2D eigenvalue weighted by atomic mass is 19.4. The summed E-state index contributed by atoms with van der Waals surface area (Å²) >= 11 is 0. The molecule has 4 heterocycles. The zero-order chi connectivity index (χ0) is 23.9. The van der Waals surface area contributed by atoms with E-state index in [0.717, 1.165) is 49.4 Å². The smallest absolute Gasteiger partial charge is 0.344 e. The Morgan fingerprint density at radius 1 is 1.12 bits per heavy atom. The fourth-order valence-electron chi connectivity index (χ4n) is 4.65. The normalized spacial score (nSPS) is 17.3. The SMILES string of the molecule is C=C1C=CN(C2CCN(Cc3cnc(-c4ccc(C(F)(F)F)cc4)[nH]3)CC2)c2cc[nH]c(=O)c21. The zero-order valence-corrected chi connectivity index (χ0v) is 18.4. The highest BCUT2D eigenvalue weighted by molar-refractivity contribution is 5.84. The molecule has 6 nitrogen and oxygen atoms in total. The van der Waals surface area contributed by atoms with Crippen LogP contribution in [0.3, 0.4) is 0 Å². The lowest BCUT2D eigenvalue weighted by molar-refractivity contribution is -0.137. The summed E-state index contributed by atoms with van der Waals surface area (Å²) in [4.78, 5) is 27.1. The van der Waals surface area contributed by atoms with Crippen molar-refractivity contribution in [2.45, 2.75) is 31.6 Å². The Kier molecular flexibility index (Phi) is 5.65. The highest BCUT2D eigenvalue weighted by Crippen LogP contribution is 2.33. The van der Waals surface area contributed by atoms with Crippen molar-refractivity contribution < 1.29 is 13.2 Å². The molecule has 0 aliphatic carbocycles. The maximum atomic E-state index is 12.8. The molecule has 1 fully saturated rings. The van der Waals surface area contributed by atoms with Crippen LogP contribution in [-0.2, 0) is 12.7 Å². The third-order valence-corrected chi connectivity index (χ3v) is 6.43. The summed E-state index contributed by atoms with van der Waals surface area (Å²) in [6, 6.07) is 7.20. The van der Waals surface area contributed by atoms with E-state index in [1.165, 1.54) is 12.1 Å². The molecule has 2 N–H and O–H groups in total. The number of rotatable bonds is 4. The number of likely N-dealkylation sites (tertiary alicyclic amines) is 1. The van der Waals surface area contributed by atoms with Gasteiger partial charge in [-0.3, -0.25) is 9.69 Å². The third kappa shape index (κ3) is 4.31. The molecule has 0 atom stereocenters. The van der Waals surface area contributed by atoms with Crippen LogP contribution in [-0.4, -0.2) is 39.0 Å². The quantitative estimate of drug-likeness (QED) is 0.579. The van der Waals surface area contributed by atoms with E-state index in [0.29, 0.717) is 29.1 Å². The van der Waals surface area contributed by atoms with Gasteiger partial charge in [-0.15, -0.1) is 0 Å². The second-order valence-electron chi connectivity index (χ2n) is 8.65. The van der Waals surface area contributed by atoms with Gasteiger partial charge >= 0.3 is 6.18 Å². The summed E-state index contributed by atoms with van der Waals surface area (Å²) in [6.07, 6.45) is 4.82. The van der Waals surface area contributed by atoms with Crippen LogP contribution in [0.5, 0.6) is 0 Å². The van der Waals surface area contributed by atoms with E-state index in [-0.39, 0.29) is 11.6 Å². The first kappa shape index (κ1) is 22.2. The number of aromatic amines is 2. The minimum absolute atomic E-state index is 0.127. The van der Waals surface area contributed by atoms with Crippen LogP contribution >= 0.6 is 0 Å². The summed E-state index contributed by atoms with van der Waals surface area (Å²) in [7, 11) is 0. The predicted octanol–water partition coefficient (Wildman–Crippen LogP) is 4.80. The number of aromatic nitrogens is 3. The Morgan fingerprint density at radius 3 is 2.56 bits per heavy atom. The molecule has 2 aromatic heterocycles. The van der Waals surface area contributed by atoms with E-state index in [1.807, 2.05) is 18.3 Å². The van der Waals surface area contributed by atoms with Crippen molar-refractivity contribution in [1.29, 1.82) is 0 Å². The Morgan fingerprint density at radius 2 is 1.85 bits per heavy atom. The Hall–Kier alpha value is -3.59. The van der Waals surface area contributed by atoms with Crippen molar-refractivity contribution >= 4 is 11.3 Å². The molecule has 0 unspecified atom stereocenters. The summed E-state index contributed by atoms with van der Waals surface area (Å²) < 4.78 is 38.4. The second kappa shape index (κ2) is 8.64. The van der Waals surface area contributed by atoms with E-state index >= 15 is 0 Å². The standard InChI is InChI=1S/C25H24F3N5O/c1-16-7-13-33(21-6-10-29-24(34)22(16)21)20-8-11-32(12-9-20)15-19-14-30-23(31-19)17-2-4-18(5-3-17)25(26,27)28/h2-7,10,13-14,20H,1,8-9,11-12,15H2,(H,29,34)(H,30,31). The second-order valence-corrected chi connectivity index (χ2v) is 8.65. The molecule has 176 valence electrons. The number of alkyl halides is 3. The number of hydrogen-bond donors (Lipinski definition) is 2. The van der Waals surface area contributed by atoms with E-state index in [1.54, 1.807) is 12.4 Å². The lowest BCUT2D eigenvalue weighted by atomic mass is 9.97. The van der Waals surface area contributed by atoms with Crippen molar-refractivity contribution in [2.75, 3.05) is 18.0 Å². The van der Waals surface area contributed by atoms with Gasteiger partial charge in [-0.1, -0.05) is 18.7 Å². The number of nitrogens with one attached hydrogen (secondary N) is 2. The molecule has 1 aromatic carbocycles. The molecule has 0 spiro atoms. The highest BCUT2D eigenvalue weighted by Gasteiger charge is 2.30. The number of anilines is 1. The van der Waals surface area contributed by atoms with E-state index < -0.39 is 11.7 Å². The average Bonchev–Trinajstić information content (AvgIpc) is 3.28. The van der Waals surface area contributed by atoms with Gasteiger partial charge < -0.3 is 14.9 Å². The van der Waals surface area contributed by atoms with Crippen molar-refractivity contribution in [3.63, 3.8) is 0 Å². The monoisotopic (exact) mass is 467 g/mol. The average molecular weight is 467 g/mol. The first-order valence-electron chi connectivity index (χ1n) is 11.1. The number of fused-ring (bicyclic) bond motifs is 1. The topological polar surface area (TPSA) is 68.0 Å². The first-order chi connectivity index (χ1) is 16.3. The fourth-order valence-corrected chi connectivity index (χ4v) is 4.65. The fraction of sp³-hybridized carbons (Fsp3) is 0.280. The van der Waals surface area contributed by atoms with Gasteiger partial charge in [0, 0.05) is 55.5 Å². The van der Waals surface area contributed by atoms with Crippen molar-refractivity contribution in [2.24, 2.45) is 0 Å². The first-order valence-corrected chi connectivity index (χ1v) is 11.1. The zero-order valence-electron chi connectivity index (χ0n) is 18.4. The maximum Gasteiger partial charge on any atom is 0.416 e. The number of benzene rings is 1. The lowest BCUT2D eigenvalue weighted by Gasteiger charge is -2.39. The molecule has 34 heavy (non-hydrogen) atoms. The van der Waals surface area contributed by atoms with E-state index in [4.69, 9.17) is 0 Å². The summed E-state index contributed by atoms with van der Waals surface area (Å²) in [5.41, 5.74) is 2.96. The Balaban J connectivity index is 1.21. The van der Waals surface area contributed by atoms with Crippen molar-refractivity contribution in [3.8, 4) is 11.4 Å². The number of allylic oxidation sites excluding steroid dienone is 2. The van der Waals surface area contributed by atoms with Gasteiger partial charge in [0.05, 0.1) is 16.8 Å². The summed E-state index contributed by atoms with van der Waals surface area (Å²) in [5, 5.41) is 0. The number of imidazole rings is 1. The van der Waals surface area contributed by atoms with Gasteiger partial charge in [0.15, 0.2) is 0 Å². The van der Waals surface area contributed by atoms with Crippen LogP contribution in [0, 0.1) is 0 Å². The molecule has 9 heteroatoms. The summed E-state index contributed by atoms with van der Waals surface area (Å²) in [6.45, 7) is 6.43. The van der Waals surface area contributed by atoms with Gasteiger partial charge in [0.1, 0.15) is 5.82 Å². The number of pyridine rings is 1. The van der Waals surface area contributed by atoms with Gasteiger partial charge in [-0.05, 0) is 42.7 Å². The van der Waals surface area contributed by atoms with Gasteiger partial charge in [0.25, 0.3) is 5.56 Å². The van der Waals surface area contributed by atoms with Crippen LogP contribution in [0.15, 0.2) is 66.4 Å². The minimum Gasteiger partial charge on any atom is -0.344 e. The van der Waals surface area contributed by atoms with Gasteiger partial charge in [-0.25, -0.2) is 4.98 Å². The molecule has 0 radical (unpaired) electrons. The molecule has 0 saturated carbocycles. The van der Waals surface area contributed by atoms with Crippen LogP contribution in [0.1, 0.15) is 29.7 Å². The van der Waals surface area contributed by atoms with Gasteiger partial charge in [-0.2, -0.15) is 13.2 Å². The molecule has 0 bridgehead atoms. The van der Waals surface area contributed by atoms with Crippen LogP contribution in [0.25, 0.3) is 17.0 Å². The summed E-state index contributed by atoms with van der Waals surface area (Å²) in [5.74, 6) is 0.555. The molecular weight excluding hydrogens is 443 g/mol. The number of H-pyrrole nitrogens is 2. The number of nitrogens with zero attached hydrogens (tertiary/aromatic N) is 3. The van der Waals surface area contributed by atoms with E-state index in [2.05, 4.69) is 31.3 Å². The van der Waals surface area contributed by atoms with Crippen LogP contribution < -0.4 is 10.5 Å². The largest absolute Gasteiger partial charge is 0.416 e. The molecule has 1 saturated heterocycles. The lowest BCUT2D eigenvalue weighted by Crippen LogP contribution is -2.44. The Bertz CT molecular complexity index is 1280. The molecule has 0 amide bonds. The molecule has 5 rings (SSSR count). The van der Waals surface area contributed by atoms with Crippen molar-refractivity contribution in [1.82, 2.24) is 19.9 Å². The predicted molar refractivity (Wildman–Crippen MR) is 125 cm³/mol. The molecule has 2 aliphatic heterocycles. The van der Waals surface area contributed by atoms with Gasteiger partial charge in [0.2, 0.25) is 0 Å². The van der Waals surface area contributed by atoms with Crippen LogP contribution in [0.2, 0.25) is 0 Å². The number of piperidine rings is 1. The minimum atomic E-state index is -4.35. The molecule has 3 aromatic rings. The molecule has 2 aliphatic rings. The third-order valence-electron chi connectivity index (χ3n) is 6.43.